The molecule has 124 valence electrons. The van der Waals surface area contributed by atoms with Gasteiger partial charge in [-0.25, -0.2) is 0 Å². The highest BCUT2D eigenvalue weighted by Crippen LogP contribution is 2.19. The Morgan fingerprint density at radius 3 is 2.91 bits per heavy atom. The number of nitrogens with one attached hydrogen (secondary N) is 2. The van der Waals surface area contributed by atoms with Gasteiger partial charge in [0, 0.05) is 18.3 Å². The first-order chi connectivity index (χ1) is 10.0. The first-order valence-electron chi connectivity index (χ1n) is 7.50. The van der Waals surface area contributed by atoms with E-state index in [1.54, 1.807) is 0 Å². The number of carbonyl (C=O) groups excluding carboxylic acids is 1. The normalized spacial score (nSPS) is 20.5. The van der Waals surface area contributed by atoms with E-state index < -0.39 is 6.10 Å². The number of carbonyl (C=O) groups is 1. The molecule has 0 spiro atoms. The number of amides is 1. The van der Waals surface area contributed by atoms with Crippen LogP contribution in [0, 0.1) is 5.92 Å². The lowest BCUT2D eigenvalue weighted by atomic mass is 10.1. The number of hydrogen-bond donors (Lipinski definition) is 3. The molecule has 5 nitrogen and oxygen atoms in total. The largest absolute Gasteiger partial charge is 0.494 e. The average Bonchev–Trinajstić information content (AvgIpc) is 2.85. The molecule has 3 N–H and O–H groups in total. The van der Waals surface area contributed by atoms with Crippen molar-refractivity contribution in [2.24, 2.45) is 5.92 Å². The number of halogens is 1. The van der Waals surface area contributed by atoms with Crippen LogP contribution in [0.3, 0.4) is 0 Å². The molecule has 22 heavy (non-hydrogen) atoms. The maximum absolute atomic E-state index is 12.0. The standard InChI is InChI=1S/C16H24N2O3.ClH/c1-11(2)6-7-21-14-5-3-4-12(8-14)18-16(20)15-9-13(19)10-17-15;/h3-5,8,11,13,15,17,19H,6-7,9-10H2,1-2H3,(H,18,20);1H. The van der Waals surface area contributed by atoms with Crippen molar-refractivity contribution < 1.29 is 14.6 Å². The summed E-state index contributed by atoms with van der Waals surface area (Å²) in [4.78, 5) is 12.0. The van der Waals surface area contributed by atoms with E-state index in [2.05, 4.69) is 24.5 Å². The van der Waals surface area contributed by atoms with E-state index in [-0.39, 0.29) is 24.4 Å². The molecule has 1 amide bonds. The molecule has 2 unspecified atom stereocenters. The number of ether oxygens (including phenoxy) is 1. The molecule has 1 saturated heterocycles. The smallest absolute Gasteiger partial charge is 0.241 e. The summed E-state index contributed by atoms with van der Waals surface area (Å²) in [5, 5.41) is 15.3. The molecule has 0 aliphatic carbocycles. The number of aliphatic hydroxyl groups is 1. The van der Waals surface area contributed by atoms with E-state index >= 15 is 0 Å². The average molecular weight is 329 g/mol. The summed E-state index contributed by atoms with van der Waals surface area (Å²) in [6.07, 6.45) is 1.02. The third-order valence-corrected chi connectivity index (χ3v) is 3.49. The van der Waals surface area contributed by atoms with Crippen LogP contribution in [0.2, 0.25) is 0 Å². The Morgan fingerprint density at radius 1 is 1.50 bits per heavy atom. The SMILES string of the molecule is CC(C)CCOc1cccc(NC(=O)C2CC(O)CN2)c1.Cl. The molecule has 2 atom stereocenters. The number of rotatable bonds is 6. The lowest BCUT2D eigenvalue weighted by Gasteiger charge is -2.13. The molecule has 1 aromatic carbocycles. The fourth-order valence-corrected chi connectivity index (χ4v) is 2.22. The van der Waals surface area contributed by atoms with Crippen molar-refractivity contribution in [2.75, 3.05) is 18.5 Å². The zero-order valence-corrected chi connectivity index (χ0v) is 13.9. The van der Waals surface area contributed by atoms with E-state index in [1.807, 2.05) is 24.3 Å². The summed E-state index contributed by atoms with van der Waals surface area (Å²) in [5.41, 5.74) is 0.713. The van der Waals surface area contributed by atoms with Gasteiger partial charge in [-0.2, -0.15) is 0 Å². The van der Waals surface area contributed by atoms with E-state index in [4.69, 9.17) is 4.74 Å². The fourth-order valence-electron chi connectivity index (χ4n) is 2.22. The second-order valence-electron chi connectivity index (χ2n) is 5.90. The van der Waals surface area contributed by atoms with Gasteiger partial charge in [0.15, 0.2) is 0 Å². The van der Waals surface area contributed by atoms with Crippen LogP contribution >= 0.6 is 12.4 Å². The van der Waals surface area contributed by atoms with Gasteiger partial charge in [-0.15, -0.1) is 12.4 Å². The number of benzene rings is 1. The Balaban J connectivity index is 0.00000242. The van der Waals surface area contributed by atoms with Crippen LogP contribution in [0.1, 0.15) is 26.7 Å². The van der Waals surface area contributed by atoms with Crippen LogP contribution in [0.4, 0.5) is 5.69 Å². The van der Waals surface area contributed by atoms with Crippen LogP contribution in [0.5, 0.6) is 5.75 Å². The van der Waals surface area contributed by atoms with Gasteiger partial charge in [-0.1, -0.05) is 19.9 Å². The second kappa shape index (κ2) is 8.98. The lowest BCUT2D eigenvalue weighted by molar-refractivity contribution is -0.117. The molecule has 6 heteroatoms. The topological polar surface area (TPSA) is 70.6 Å². The first kappa shape index (κ1) is 18.7. The van der Waals surface area contributed by atoms with Crippen molar-refractivity contribution in [1.29, 1.82) is 0 Å². The molecule has 1 fully saturated rings. The van der Waals surface area contributed by atoms with Gasteiger partial charge in [-0.3, -0.25) is 4.79 Å². The fraction of sp³-hybridized carbons (Fsp3) is 0.562. The van der Waals surface area contributed by atoms with Gasteiger partial charge < -0.3 is 20.5 Å². The second-order valence-corrected chi connectivity index (χ2v) is 5.90. The predicted octanol–water partition coefficient (Wildman–Crippen LogP) is 2.19. The highest BCUT2D eigenvalue weighted by molar-refractivity contribution is 5.95. The summed E-state index contributed by atoms with van der Waals surface area (Å²) in [5.74, 6) is 1.24. The van der Waals surface area contributed by atoms with Gasteiger partial charge in [0.05, 0.1) is 18.8 Å². The molecule has 0 aromatic heterocycles. The quantitative estimate of drug-likeness (QED) is 0.748. The van der Waals surface area contributed by atoms with E-state index in [0.29, 0.717) is 31.2 Å². The zero-order chi connectivity index (χ0) is 15.2. The van der Waals surface area contributed by atoms with Crippen molar-refractivity contribution >= 4 is 24.0 Å². The van der Waals surface area contributed by atoms with Gasteiger partial charge in [0.25, 0.3) is 0 Å². The van der Waals surface area contributed by atoms with Crippen LogP contribution in [0.25, 0.3) is 0 Å². The highest BCUT2D eigenvalue weighted by Gasteiger charge is 2.27. The Hall–Kier alpha value is -1.30. The molecular weight excluding hydrogens is 304 g/mol. The maximum Gasteiger partial charge on any atom is 0.241 e. The molecule has 0 bridgehead atoms. The molecule has 1 aliphatic heterocycles. The lowest BCUT2D eigenvalue weighted by Crippen LogP contribution is -2.35. The third-order valence-electron chi connectivity index (χ3n) is 3.49. The van der Waals surface area contributed by atoms with Gasteiger partial charge >= 0.3 is 0 Å². The van der Waals surface area contributed by atoms with Crippen molar-refractivity contribution in [3.05, 3.63) is 24.3 Å². The summed E-state index contributed by atoms with van der Waals surface area (Å²) >= 11 is 0. The first-order valence-corrected chi connectivity index (χ1v) is 7.50. The minimum absolute atomic E-state index is 0. The minimum Gasteiger partial charge on any atom is -0.494 e. The number of hydrogen-bond acceptors (Lipinski definition) is 4. The molecule has 2 rings (SSSR count). The Morgan fingerprint density at radius 2 is 2.27 bits per heavy atom. The van der Waals surface area contributed by atoms with Crippen LogP contribution < -0.4 is 15.4 Å². The molecule has 1 aromatic rings. The number of β-amino-alcohol motifs (C(OH)–C–C–N with tert-alkyl or cyclic N) is 1. The van der Waals surface area contributed by atoms with Crippen LogP contribution in [-0.2, 0) is 4.79 Å². The third kappa shape index (κ3) is 5.83. The molecule has 0 radical (unpaired) electrons. The van der Waals surface area contributed by atoms with Crippen molar-refractivity contribution in [3.63, 3.8) is 0 Å². The summed E-state index contributed by atoms with van der Waals surface area (Å²) in [6.45, 7) is 5.45. The van der Waals surface area contributed by atoms with Crippen molar-refractivity contribution in [1.82, 2.24) is 5.32 Å². The van der Waals surface area contributed by atoms with E-state index in [9.17, 15) is 9.90 Å². The molecular formula is C16H25ClN2O3. The zero-order valence-electron chi connectivity index (χ0n) is 13.0. The summed E-state index contributed by atoms with van der Waals surface area (Å²) in [6, 6.07) is 7.07. The van der Waals surface area contributed by atoms with Gasteiger partial charge in [-0.05, 0) is 30.9 Å². The number of aliphatic hydroxyl groups excluding tert-OH is 1. The summed E-state index contributed by atoms with van der Waals surface area (Å²) in [7, 11) is 0. The Kier molecular flexibility index (Phi) is 7.65. The maximum atomic E-state index is 12.0. The van der Waals surface area contributed by atoms with Crippen LogP contribution in [0.15, 0.2) is 24.3 Å². The van der Waals surface area contributed by atoms with E-state index in [1.165, 1.54) is 0 Å². The minimum atomic E-state index is -0.438. The monoisotopic (exact) mass is 328 g/mol. The van der Waals surface area contributed by atoms with E-state index in [0.717, 1.165) is 12.2 Å². The van der Waals surface area contributed by atoms with Crippen LogP contribution in [-0.4, -0.2) is 36.3 Å². The Labute approximate surface area is 137 Å². The molecule has 1 heterocycles. The van der Waals surface area contributed by atoms with Crippen molar-refractivity contribution in [2.45, 2.75) is 38.8 Å². The predicted molar refractivity (Wildman–Crippen MR) is 89.7 cm³/mol. The van der Waals surface area contributed by atoms with Crippen molar-refractivity contribution in [3.8, 4) is 5.75 Å². The molecule has 1 aliphatic rings. The van der Waals surface area contributed by atoms with Gasteiger partial charge in [0.1, 0.15) is 5.75 Å². The number of anilines is 1. The molecule has 0 saturated carbocycles. The summed E-state index contributed by atoms with van der Waals surface area (Å²) < 4.78 is 5.67. The van der Waals surface area contributed by atoms with Gasteiger partial charge in [0.2, 0.25) is 5.91 Å². The highest BCUT2D eigenvalue weighted by atomic mass is 35.5. The Bertz CT molecular complexity index is 482.